The van der Waals surface area contributed by atoms with Crippen molar-refractivity contribution in [1.29, 1.82) is 0 Å². The summed E-state index contributed by atoms with van der Waals surface area (Å²) in [6.45, 7) is 11.3. The molecule has 0 spiro atoms. The van der Waals surface area contributed by atoms with Crippen molar-refractivity contribution in [2.45, 2.75) is 38.8 Å². The third kappa shape index (κ3) is 9.51. The highest BCUT2D eigenvalue weighted by atomic mass is 79.9. The molecule has 12 nitrogen and oxygen atoms in total. The number of benzene rings is 2. The average molecular weight is 802 g/mol. The van der Waals surface area contributed by atoms with E-state index in [0.717, 1.165) is 108 Å². The van der Waals surface area contributed by atoms with Crippen LogP contribution in [0.1, 0.15) is 47.4 Å². The van der Waals surface area contributed by atoms with E-state index in [4.69, 9.17) is 48.9 Å². The Labute approximate surface area is 317 Å². The highest BCUT2D eigenvalue weighted by Crippen LogP contribution is 2.37. The smallest absolute Gasteiger partial charge is 0.222 e. The maximum absolute atomic E-state index is 6.65. The number of hydrogen-bond donors (Lipinski definition) is 2. The standard InChI is InChI=1S/C20H26ClN5O2.C16H18BrClN4O/c1-14-11-19(24-20(22)23-14)26-5-2-8-28-13-18(26)16-12-15(3-4-17(16)21)25-6-9-27-10-7-25;1-10-7-15(21-16(19)20-10)22-5-2-6-23-9-14(22)12-8-11(17)3-4-13(12)18/h3-4,11-12,18H,2,5-10,13H2,1H3,(H2,22,23,24);3-4,7-8,14H,2,5-6,9H2,1H3,(H2,19,20,21). The van der Waals surface area contributed by atoms with Crippen molar-refractivity contribution < 1.29 is 14.2 Å². The van der Waals surface area contributed by atoms with Gasteiger partial charge >= 0.3 is 0 Å². The molecule has 0 radical (unpaired) electrons. The minimum absolute atomic E-state index is 0.0174. The monoisotopic (exact) mass is 799 g/mol. The van der Waals surface area contributed by atoms with Crippen LogP contribution in [0.5, 0.6) is 0 Å². The Morgan fingerprint density at radius 3 is 1.69 bits per heavy atom. The van der Waals surface area contributed by atoms with Gasteiger partial charge in [-0.05, 0) is 74.2 Å². The first-order valence-electron chi connectivity index (χ1n) is 17.1. The normalized spacial score (nSPS) is 19.9. The molecule has 3 aliphatic rings. The molecular formula is C36H44BrCl2N9O3. The lowest BCUT2D eigenvalue weighted by Gasteiger charge is -2.33. The number of rotatable bonds is 5. The Balaban J connectivity index is 0.000000179. The number of halogens is 3. The van der Waals surface area contributed by atoms with E-state index in [1.807, 2.05) is 50.2 Å². The van der Waals surface area contributed by atoms with Gasteiger partial charge in [0, 0.05) is 83.1 Å². The van der Waals surface area contributed by atoms with Gasteiger partial charge in [-0.1, -0.05) is 39.1 Å². The molecule has 15 heteroatoms. The van der Waals surface area contributed by atoms with E-state index in [1.165, 1.54) is 0 Å². The lowest BCUT2D eigenvalue weighted by molar-refractivity contribution is 0.122. The van der Waals surface area contributed by atoms with Crippen LogP contribution in [0.25, 0.3) is 0 Å². The van der Waals surface area contributed by atoms with Gasteiger partial charge in [-0.15, -0.1) is 0 Å². The molecule has 3 saturated heterocycles. The Bertz CT molecular complexity index is 1760. The third-order valence-corrected chi connectivity index (χ3v) is 10.2. The molecule has 272 valence electrons. The highest BCUT2D eigenvalue weighted by Gasteiger charge is 2.29. The van der Waals surface area contributed by atoms with Crippen molar-refractivity contribution in [3.63, 3.8) is 0 Å². The summed E-state index contributed by atoms with van der Waals surface area (Å²) >= 11 is 16.6. The summed E-state index contributed by atoms with van der Waals surface area (Å²) in [6.07, 6.45) is 1.84. The van der Waals surface area contributed by atoms with Crippen molar-refractivity contribution in [2.24, 2.45) is 0 Å². The van der Waals surface area contributed by atoms with Gasteiger partial charge in [0.15, 0.2) is 0 Å². The topological polar surface area (TPSA) is 141 Å². The second kappa shape index (κ2) is 17.4. The van der Waals surface area contributed by atoms with Crippen LogP contribution in [-0.2, 0) is 14.2 Å². The van der Waals surface area contributed by atoms with Crippen LogP contribution in [0.2, 0.25) is 10.0 Å². The maximum atomic E-state index is 6.65. The van der Waals surface area contributed by atoms with Crippen LogP contribution in [-0.4, -0.2) is 85.8 Å². The fourth-order valence-corrected chi connectivity index (χ4v) is 7.50. The molecule has 2 aromatic carbocycles. The van der Waals surface area contributed by atoms with Crippen molar-refractivity contribution in [2.75, 3.05) is 92.0 Å². The Kier molecular flexibility index (Phi) is 12.7. The lowest BCUT2D eigenvalue weighted by atomic mass is 10.0. The molecule has 2 unspecified atom stereocenters. The summed E-state index contributed by atoms with van der Waals surface area (Å²) in [7, 11) is 0. The molecule has 0 bridgehead atoms. The van der Waals surface area contributed by atoms with Crippen molar-refractivity contribution in [3.8, 4) is 0 Å². The summed E-state index contributed by atoms with van der Waals surface area (Å²) in [5, 5.41) is 1.45. The molecule has 51 heavy (non-hydrogen) atoms. The number of nitrogen functional groups attached to an aromatic ring is 2. The molecule has 4 N–H and O–H groups in total. The van der Waals surface area contributed by atoms with Crippen LogP contribution in [0.15, 0.2) is 53.0 Å². The second-order valence-corrected chi connectivity index (χ2v) is 14.4. The lowest BCUT2D eigenvalue weighted by Crippen LogP contribution is -2.36. The molecule has 3 aliphatic heterocycles. The van der Waals surface area contributed by atoms with Gasteiger partial charge < -0.3 is 40.4 Å². The Morgan fingerprint density at radius 2 is 1.16 bits per heavy atom. The molecule has 2 aromatic heterocycles. The zero-order chi connectivity index (χ0) is 35.9. The van der Waals surface area contributed by atoms with E-state index < -0.39 is 0 Å². The quantitative estimate of drug-likeness (QED) is 0.226. The van der Waals surface area contributed by atoms with E-state index in [9.17, 15) is 0 Å². The van der Waals surface area contributed by atoms with E-state index in [0.29, 0.717) is 24.8 Å². The van der Waals surface area contributed by atoms with E-state index >= 15 is 0 Å². The number of morpholine rings is 1. The zero-order valence-electron chi connectivity index (χ0n) is 28.9. The number of nitrogens with zero attached hydrogens (tertiary/aromatic N) is 7. The third-order valence-electron chi connectivity index (χ3n) is 9.02. The summed E-state index contributed by atoms with van der Waals surface area (Å²) in [4.78, 5) is 24.0. The van der Waals surface area contributed by atoms with Crippen molar-refractivity contribution in [3.05, 3.63) is 85.6 Å². The minimum atomic E-state index is -0.0373. The second-order valence-electron chi connectivity index (χ2n) is 12.7. The molecule has 0 amide bonds. The van der Waals surface area contributed by atoms with Crippen LogP contribution in [0.3, 0.4) is 0 Å². The fraction of sp³-hybridized carbons (Fsp3) is 0.444. The largest absolute Gasteiger partial charge is 0.379 e. The van der Waals surface area contributed by atoms with Gasteiger partial charge in [0.25, 0.3) is 0 Å². The fourth-order valence-electron chi connectivity index (χ4n) is 6.64. The molecule has 3 fully saturated rings. The predicted molar refractivity (Wildman–Crippen MR) is 207 cm³/mol. The predicted octanol–water partition coefficient (Wildman–Crippen LogP) is 6.58. The molecule has 2 atom stereocenters. The van der Waals surface area contributed by atoms with Crippen LogP contribution < -0.4 is 26.2 Å². The van der Waals surface area contributed by atoms with Crippen LogP contribution in [0.4, 0.5) is 29.2 Å². The first kappa shape index (κ1) is 37.3. The average Bonchev–Trinajstić information content (AvgIpc) is 3.51. The van der Waals surface area contributed by atoms with Crippen molar-refractivity contribution >= 4 is 68.4 Å². The minimum Gasteiger partial charge on any atom is -0.379 e. The van der Waals surface area contributed by atoms with E-state index in [2.05, 4.69) is 62.7 Å². The van der Waals surface area contributed by atoms with Gasteiger partial charge in [-0.25, -0.2) is 9.97 Å². The number of nitrogens with two attached hydrogens (primary N) is 2. The highest BCUT2D eigenvalue weighted by molar-refractivity contribution is 9.10. The van der Waals surface area contributed by atoms with E-state index in [-0.39, 0.29) is 24.0 Å². The van der Waals surface area contributed by atoms with Gasteiger partial charge in [-0.2, -0.15) is 9.97 Å². The molecular weight excluding hydrogens is 757 g/mol. The number of hydrogen-bond acceptors (Lipinski definition) is 12. The summed E-state index contributed by atoms with van der Waals surface area (Å²) in [6, 6.07) is 15.9. The zero-order valence-corrected chi connectivity index (χ0v) is 32.0. The summed E-state index contributed by atoms with van der Waals surface area (Å²) < 4.78 is 18.2. The maximum Gasteiger partial charge on any atom is 0.222 e. The van der Waals surface area contributed by atoms with Gasteiger partial charge in [0.2, 0.25) is 11.9 Å². The van der Waals surface area contributed by atoms with Crippen LogP contribution in [0, 0.1) is 13.8 Å². The Hall–Kier alpha value is -3.46. The number of aryl methyl sites for hydroxylation is 2. The van der Waals surface area contributed by atoms with Gasteiger partial charge in [0.1, 0.15) is 11.6 Å². The molecule has 0 aliphatic carbocycles. The van der Waals surface area contributed by atoms with Crippen LogP contribution >= 0.6 is 39.1 Å². The SMILES string of the molecule is Cc1cc(N2CCCOCC2c2cc(Br)ccc2Cl)nc(N)n1.Cc1cc(N2CCCOCC2c2cc(N3CCOCC3)ccc2Cl)nc(N)n1. The van der Waals surface area contributed by atoms with Gasteiger partial charge in [0.05, 0.1) is 38.5 Å². The molecule has 7 rings (SSSR count). The number of ether oxygens (including phenoxy) is 3. The molecule has 4 aromatic rings. The first-order chi connectivity index (χ1) is 24.7. The van der Waals surface area contributed by atoms with Gasteiger partial charge in [-0.3, -0.25) is 0 Å². The molecule has 0 saturated carbocycles. The van der Waals surface area contributed by atoms with E-state index in [1.54, 1.807) is 0 Å². The summed E-state index contributed by atoms with van der Waals surface area (Å²) in [5.74, 6) is 2.19. The Morgan fingerprint density at radius 1 is 0.647 bits per heavy atom. The molecule has 5 heterocycles. The number of anilines is 5. The van der Waals surface area contributed by atoms with Crippen molar-refractivity contribution in [1.82, 2.24) is 19.9 Å². The number of aromatic nitrogens is 4. The summed E-state index contributed by atoms with van der Waals surface area (Å²) in [5.41, 5.74) is 16.7. The first-order valence-corrected chi connectivity index (χ1v) is 18.7.